The molecule has 1 unspecified atom stereocenters. The Morgan fingerprint density at radius 3 is 2.48 bits per heavy atom. The average Bonchev–Trinajstić information content (AvgIpc) is 2.97. The van der Waals surface area contributed by atoms with E-state index in [-0.39, 0.29) is 24.1 Å². The molecule has 1 saturated heterocycles. The van der Waals surface area contributed by atoms with E-state index < -0.39 is 10.0 Å². The highest BCUT2D eigenvalue weighted by Crippen LogP contribution is 2.24. The minimum Gasteiger partial charge on any atom is -0.312 e. The Balaban J connectivity index is 1.58. The zero-order valence-corrected chi connectivity index (χ0v) is 15.0. The highest BCUT2D eigenvalue weighted by molar-refractivity contribution is 7.88. The van der Waals surface area contributed by atoms with Crippen molar-refractivity contribution in [3.63, 3.8) is 0 Å². The summed E-state index contributed by atoms with van der Waals surface area (Å²) in [4.78, 5) is 13.9. The fourth-order valence-corrected chi connectivity index (χ4v) is 4.37. The van der Waals surface area contributed by atoms with Crippen LogP contribution >= 0.6 is 0 Å². The van der Waals surface area contributed by atoms with E-state index in [1.165, 1.54) is 0 Å². The first-order chi connectivity index (χ1) is 11.9. The van der Waals surface area contributed by atoms with Crippen LogP contribution in [0, 0.1) is 12.8 Å². The van der Waals surface area contributed by atoms with Crippen LogP contribution in [-0.4, -0.2) is 27.4 Å². The minimum atomic E-state index is -3.42. The number of sulfonamides is 1. The second-order valence-corrected chi connectivity index (χ2v) is 8.25. The van der Waals surface area contributed by atoms with Gasteiger partial charge in [0.1, 0.15) is 0 Å². The molecule has 1 aliphatic rings. The number of carbonyl (C=O) groups excluding carboxylic acids is 1. The fourth-order valence-electron chi connectivity index (χ4n) is 3.05. The van der Waals surface area contributed by atoms with Crippen molar-refractivity contribution < 1.29 is 13.2 Å². The zero-order chi connectivity index (χ0) is 17.9. The third-order valence-corrected chi connectivity index (χ3v) is 5.77. The van der Waals surface area contributed by atoms with Gasteiger partial charge in [0.15, 0.2) is 0 Å². The number of nitrogens with zero attached hydrogens (tertiary/aromatic N) is 1. The van der Waals surface area contributed by atoms with E-state index in [4.69, 9.17) is 0 Å². The van der Waals surface area contributed by atoms with Crippen LogP contribution in [0.5, 0.6) is 0 Å². The molecule has 2 aromatic rings. The maximum absolute atomic E-state index is 12.3. The fraction of sp³-hybridized carbons (Fsp3) is 0.316. The number of anilines is 1. The first-order valence-electron chi connectivity index (χ1n) is 8.32. The third-order valence-electron chi connectivity index (χ3n) is 4.47. The van der Waals surface area contributed by atoms with E-state index in [0.717, 1.165) is 16.8 Å². The highest BCUT2D eigenvalue weighted by atomic mass is 32.2. The molecular formula is C19H22N2O3S. The third kappa shape index (κ3) is 4.46. The standard InChI is InChI=1S/C19H22N2O3S/c1-15-7-5-6-8-17(15)14-25(23,24)20-12-16-11-19(22)21(13-16)18-9-3-2-4-10-18/h2-10,16,20H,11-14H2,1H3. The van der Waals surface area contributed by atoms with Crippen molar-refractivity contribution in [3.8, 4) is 0 Å². The Morgan fingerprint density at radius 1 is 1.08 bits per heavy atom. The summed E-state index contributed by atoms with van der Waals surface area (Å²) in [5.74, 6) is -0.0170. The second kappa shape index (κ2) is 7.37. The van der Waals surface area contributed by atoms with E-state index in [2.05, 4.69) is 4.72 Å². The Bertz CT molecular complexity index is 850. The van der Waals surface area contributed by atoms with Gasteiger partial charge in [-0.1, -0.05) is 42.5 Å². The van der Waals surface area contributed by atoms with Crippen molar-refractivity contribution in [2.24, 2.45) is 5.92 Å². The molecule has 1 aliphatic heterocycles. The molecule has 0 saturated carbocycles. The monoisotopic (exact) mass is 358 g/mol. The summed E-state index contributed by atoms with van der Waals surface area (Å²) in [7, 11) is -3.42. The lowest BCUT2D eigenvalue weighted by atomic mass is 10.1. The summed E-state index contributed by atoms with van der Waals surface area (Å²) in [6, 6.07) is 16.9. The van der Waals surface area contributed by atoms with Gasteiger partial charge in [0.2, 0.25) is 15.9 Å². The van der Waals surface area contributed by atoms with Crippen LogP contribution in [-0.2, 0) is 20.6 Å². The van der Waals surface area contributed by atoms with Gasteiger partial charge in [-0.2, -0.15) is 0 Å². The molecule has 3 rings (SSSR count). The molecule has 0 aromatic heterocycles. The molecule has 1 N–H and O–H groups in total. The Morgan fingerprint density at radius 2 is 1.76 bits per heavy atom. The molecule has 1 atom stereocenters. The van der Waals surface area contributed by atoms with Crippen LogP contribution in [0.4, 0.5) is 5.69 Å². The quantitative estimate of drug-likeness (QED) is 0.863. The first-order valence-corrected chi connectivity index (χ1v) is 9.97. The number of hydrogen-bond donors (Lipinski definition) is 1. The highest BCUT2D eigenvalue weighted by Gasteiger charge is 2.31. The van der Waals surface area contributed by atoms with Gasteiger partial charge in [0.25, 0.3) is 0 Å². The van der Waals surface area contributed by atoms with Crippen LogP contribution < -0.4 is 9.62 Å². The predicted molar refractivity (Wildman–Crippen MR) is 98.7 cm³/mol. The van der Waals surface area contributed by atoms with Crippen molar-refractivity contribution in [2.45, 2.75) is 19.1 Å². The van der Waals surface area contributed by atoms with Crippen LogP contribution in [0.25, 0.3) is 0 Å². The maximum Gasteiger partial charge on any atom is 0.227 e. The van der Waals surface area contributed by atoms with Crippen LogP contribution in [0.3, 0.4) is 0 Å². The van der Waals surface area contributed by atoms with E-state index in [0.29, 0.717) is 13.0 Å². The maximum atomic E-state index is 12.3. The van der Waals surface area contributed by atoms with Gasteiger partial charge in [0.05, 0.1) is 5.75 Å². The van der Waals surface area contributed by atoms with Gasteiger partial charge in [-0.3, -0.25) is 4.79 Å². The van der Waals surface area contributed by atoms with Crippen LogP contribution in [0.15, 0.2) is 54.6 Å². The van der Waals surface area contributed by atoms with Crippen molar-refractivity contribution in [2.75, 3.05) is 18.0 Å². The summed E-state index contributed by atoms with van der Waals surface area (Å²) < 4.78 is 27.3. The summed E-state index contributed by atoms with van der Waals surface area (Å²) in [5, 5.41) is 0. The largest absolute Gasteiger partial charge is 0.312 e. The number of amides is 1. The molecule has 0 bridgehead atoms. The summed E-state index contributed by atoms with van der Waals surface area (Å²) >= 11 is 0. The summed E-state index contributed by atoms with van der Waals surface area (Å²) in [6.07, 6.45) is 0.363. The van der Waals surface area contributed by atoms with E-state index in [9.17, 15) is 13.2 Å². The van der Waals surface area contributed by atoms with Gasteiger partial charge in [-0.25, -0.2) is 13.1 Å². The molecule has 1 heterocycles. The van der Waals surface area contributed by atoms with Crippen LogP contribution in [0.1, 0.15) is 17.5 Å². The van der Waals surface area contributed by atoms with Crippen molar-refractivity contribution in [1.82, 2.24) is 4.72 Å². The molecular weight excluding hydrogens is 336 g/mol. The summed E-state index contributed by atoms with van der Waals surface area (Å²) in [5.41, 5.74) is 2.61. The number of nitrogens with one attached hydrogen (secondary N) is 1. The predicted octanol–water partition coefficient (Wildman–Crippen LogP) is 2.47. The molecule has 1 fully saturated rings. The molecule has 2 aromatic carbocycles. The Labute approximate surface area is 148 Å². The number of benzene rings is 2. The van der Waals surface area contributed by atoms with Crippen LogP contribution in [0.2, 0.25) is 0 Å². The molecule has 0 radical (unpaired) electrons. The number of carbonyl (C=O) groups is 1. The van der Waals surface area contributed by atoms with E-state index in [1.54, 1.807) is 4.90 Å². The molecule has 6 heteroatoms. The zero-order valence-electron chi connectivity index (χ0n) is 14.2. The van der Waals surface area contributed by atoms with Crippen molar-refractivity contribution in [3.05, 3.63) is 65.7 Å². The number of para-hydroxylation sites is 1. The number of hydrogen-bond acceptors (Lipinski definition) is 3. The Kier molecular flexibility index (Phi) is 5.20. The van der Waals surface area contributed by atoms with Crippen molar-refractivity contribution >= 4 is 21.6 Å². The molecule has 5 nitrogen and oxygen atoms in total. The Hall–Kier alpha value is -2.18. The summed E-state index contributed by atoms with van der Waals surface area (Å²) in [6.45, 7) is 2.72. The molecule has 0 spiro atoms. The van der Waals surface area contributed by atoms with Gasteiger partial charge in [0, 0.05) is 25.2 Å². The molecule has 25 heavy (non-hydrogen) atoms. The number of aryl methyl sites for hydroxylation is 1. The SMILES string of the molecule is Cc1ccccc1CS(=O)(=O)NCC1CC(=O)N(c2ccccc2)C1. The van der Waals surface area contributed by atoms with Gasteiger partial charge >= 0.3 is 0 Å². The van der Waals surface area contributed by atoms with Crippen molar-refractivity contribution in [1.29, 1.82) is 0 Å². The molecule has 0 aliphatic carbocycles. The van der Waals surface area contributed by atoms with Gasteiger partial charge in [-0.05, 0) is 36.1 Å². The number of rotatable bonds is 6. The molecule has 1 amide bonds. The van der Waals surface area contributed by atoms with Gasteiger partial charge in [-0.15, -0.1) is 0 Å². The lowest BCUT2D eigenvalue weighted by molar-refractivity contribution is -0.117. The lowest BCUT2D eigenvalue weighted by Gasteiger charge is -2.17. The smallest absolute Gasteiger partial charge is 0.227 e. The average molecular weight is 358 g/mol. The minimum absolute atomic E-state index is 0.0145. The topological polar surface area (TPSA) is 66.5 Å². The molecule has 132 valence electrons. The normalized spacial score (nSPS) is 17.9. The van der Waals surface area contributed by atoms with Gasteiger partial charge < -0.3 is 4.90 Å². The lowest BCUT2D eigenvalue weighted by Crippen LogP contribution is -2.32. The van der Waals surface area contributed by atoms with E-state index >= 15 is 0 Å². The first kappa shape index (κ1) is 17.6. The van der Waals surface area contributed by atoms with E-state index in [1.807, 2.05) is 61.5 Å². The second-order valence-electron chi connectivity index (χ2n) is 6.44.